The minimum absolute atomic E-state index is 0.183. The molecule has 0 aliphatic rings. The molecular formula is C16H17BrFNO. The van der Waals surface area contributed by atoms with Crippen LogP contribution in [0.15, 0.2) is 40.9 Å². The zero-order valence-electron chi connectivity index (χ0n) is 11.5. The molecule has 106 valence electrons. The van der Waals surface area contributed by atoms with E-state index in [1.165, 1.54) is 13.2 Å². The summed E-state index contributed by atoms with van der Waals surface area (Å²) in [7, 11) is 1.45. The van der Waals surface area contributed by atoms with Gasteiger partial charge in [-0.3, -0.25) is 0 Å². The quantitative estimate of drug-likeness (QED) is 0.909. The number of rotatable bonds is 4. The summed E-state index contributed by atoms with van der Waals surface area (Å²) in [5, 5.41) is 0. The van der Waals surface area contributed by atoms with Crippen LogP contribution < -0.4 is 10.5 Å². The molecule has 0 aliphatic carbocycles. The fourth-order valence-electron chi connectivity index (χ4n) is 2.15. The number of nitrogens with two attached hydrogens (primary N) is 1. The van der Waals surface area contributed by atoms with Crippen molar-refractivity contribution in [3.63, 3.8) is 0 Å². The third kappa shape index (κ3) is 3.38. The van der Waals surface area contributed by atoms with Crippen LogP contribution in [0.1, 0.15) is 22.7 Å². The molecule has 2 N–H and O–H groups in total. The summed E-state index contributed by atoms with van der Waals surface area (Å²) >= 11 is 3.51. The first kappa shape index (κ1) is 15.0. The molecule has 2 aromatic rings. The smallest absolute Gasteiger partial charge is 0.165 e. The maximum absolute atomic E-state index is 13.7. The molecule has 1 atom stereocenters. The van der Waals surface area contributed by atoms with Crippen LogP contribution in [0.3, 0.4) is 0 Å². The summed E-state index contributed by atoms with van der Waals surface area (Å²) in [6.07, 6.45) is 0.572. The van der Waals surface area contributed by atoms with Crippen molar-refractivity contribution in [1.82, 2.24) is 0 Å². The number of halogens is 2. The van der Waals surface area contributed by atoms with E-state index in [0.717, 1.165) is 21.2 Å². The van der Waals surface area contributed by atoms with Crippen molar-refractivity contribution in [2.24, 2.45) is 5.73 Å². The van der Waals surface area contributed by atoms with Crippen LogP contribution >= 0.6 is 15.9 Å². The van der Waals surface area contributed by atoms with Gasteiger partial charge in [-0.05, 0) is 42.7 Å². The molecule has 0 saturated carbocycles. The van der Waals surface area contributed by atoms with E-state index < -0.39 is 0 Å². The van der Waals surface area contributed by atoms with Gasteiger partial charge in [0.2, 0.25) is 0 Å². The van der Waals surface area contributed by atoms with Crippen molar-refractivity contribution in [2.75, 3.05) is 7.11 Å². The number of aryl methyl sites for hydroxylation is 1. The van der Waals surface area contributed by atoms with Crippen molar-refractivity contribution in [2.45, 2.75) is 19.4 Å². The summed E-state index contributed by atoms with van der Waals surface area (Å²) in [6.45, 7) is 2.02. The zero-order chi connectivity index (χ0) is 14.7. The minimum Gasteiger partial charge on any atom is -0.494 e. The molecule has 1 unspecified atom stereocenters. The van der Waals surface area contributed by atoms with E-state index in [0.29, 0.717) is 6.42 Å². The van der Waals surface area contributed by atoms with Crippen LogP contribution in [-0.2, 0) is 6.42 Å². The summed E-state index contributed by atoms with van der Waals surface area (Å²) in [5.41, 5.74) is 9.27. The van der Waals surface area contributed by atoms with Crippen molar-refractivity contribution in [1.29, 1.82) is 0 Å². The maximum Gasteiger partial charge on any atom is 0.165 e. The lowest BCUT2D eigenvalue weighted by Gasteiger charge is -2.15. The van der Waals surface area contributed by atoms with Gasteiger partial charge in [-0.2, -0.15) is 0 Å². The van der Waals surface area contributed by atoms with Crippen LogP contribution in [0.4, 0.5) is 4.39 Å². The van der Waals surface area contributed by atoms with Gasteiger partial charge in [-0.15, -0.1) is 0 Å². The molecule has 0 aliphatic heterocycles. The summed E-state index contributed by atoms with van der Waals surface area (Å²) in [4.78, 5) is 0. The number of ether oxygens (including phenoxy) is 1. The molecule has 0 amide bonds. The van der Waals surface area contributed by atoms with Crippen molar-refractivity contribution >= 4 is 15.9 Å². The molecule has 0 aromatic heterocycles. The van der Waals surface area contributed by atoms with E-state index in [2.05, 4.69) is 22.0 Å². The lowest BCUT2D eigenvalue weighted by molar-refractivity contribution is 0.386. The molecule has 0 heterocycles. The largest absolute Gasteiger partial charge is 0.494 e. The number of hydrogen-bond acceptors (Lipinski definition) is 2. The standard InChI is InChI=1S/C16H17BrFNO/c1-10-3-5-13(17)12(7-10)15(19)9-11-4-6-16(20-2)14(18)8-11/h3-8,15H,9,19H2,1-2H3. The highest BCUT2D eigenvalue weighted by Crippen LogP contribution is 2.27. The Kier molecular flexibility index (Phi) is 4.78. The van der Waals surface area contributed by atoms with E-state index >= 15 is 0 Å². The Morgan fingerprint density at radius 3 is 2.65 bits per heavy atom. The summed E-state index contributed by atoms with van der Waals surface area (Å²) in [6, 6.07) is 10.8. The van der Waals surface area contributed by atoms with Gasteiger partial charge in [0.25, 0.3) is 0 Å². The van der Waals surface area contributed by atoms with E-state index in [9.17, 15) is 4.39 Å². The predicted molar refractivity (Wildman–Crippen MR) is 82.5 cm³/mol. The van der Waals surface area contributed by atoms with Gasteiger partial charge < -0.3 is 10.5 Å². The van der Waals surface area contributed by atoms with E-state index in [1.807, 2.05) is 25.1 Å². The molecular weight excluding hydrogens is 321 g/mol. The normalized spacial score (nSPS) is 12.2. The highest BCUT2D eigenvalue weighted by molar-refractivity contribution is 9.10. The van der Waals surface area contributed by atoms with Crippen LogP contribution in [-0.4, -0.2) is 7.11 Å². The predicted octanol–water partition coefficient (Wildman–Crippen LogP) is 4.15. The maximum atomic E-state index is 13.7. The van der Waals surface area contributed by atoms with Crippen molar-refractivity contribution in [3.05, 3.63) is 63.4 Å². The average molecular weight is 338 g/mol. The fraction of sp³-hybridized carbons (Fsp3) is 0.250. The van der Waals surface area contributed by atoms with Gasteiger partial charge in [-0.1, -0.05) is 39.7 Å². The van der Waals surface area contributed by atoms with Gasteiger partial charge >= 0.3 is 0 Å². The fourth-order valence-corrected chi connectivity index (χ4v) is 2.69. The molecule has 2 aromatic carbocycles. The van der Waals surface area contributed by atoms with Crippen LogP contribution in [0.25, 0.3) is 0 Å². The van der Waals surface area contributed by atoms with Gasteiger partial charge in [0.1, 0.15) is 0 Å². The minimum atomic E-state index is -0.361. The van der Waals surface area contributed by atoms with Gasteiger partial charge in [0.15, 0.2) is 11.6 Å². The molecule has 0 saturated heterocycles. The molecule has 0 spiro atoms. The van der Waals surface area contributed by atoms with Crippen LogP contribution in [0.5, 0.6) is 5.75 Å². The zero-order valence-corrected chi connectivity index (χ0v) is 13.1. The number of hydrogen-bond donors (Lipinski definition) is 1. The van der Waals surface area contributed by atoms with Gasteiger partial charge in [0.05, 0.1) is 7.11 Å². The SMILES string of the molecule is COc1ccc(CC(N)c2cc(C)ccc2Br)cc1F. The molecule has 2 nitrogen and oxygen atoms in total. The Morgan fingerprint density at radius 2 is 2.00 bits per heavy atom. The van der Waals surface area contributed by atoms with Crippen molar-refractivity contribution < 1.29 is 9.13 Å². The third-order valence-corrected chi connectivity index (χ3v) is 3.94. The first-order valence-corrected chi connectivity index (χ1v) is 7.14. The Balaban J connectivity index is 2.21. The van der Waals surface area contributed by atoms with E-state index in [4.69, 9.17) is 10.5 Å². The molecule has 4 heteroatoms. The second-order valence-electron chi connectivity index (χ2n) is 4.80. The second kappa shape index (κ2) is 6.37. The Hall–Kier alpha value is -1.39. The summed E-state index contributed by atoms with van der Waals surface area (Å²) < 4.78 is 19.6. The van der Waals surface area contributed by atoms with Gasteiger partial charge in [-0.25, -0.2) is 4.39 Å². The molecule has 0 bridgehead atoms. The Labute approximate surface area is 126 Å². The van der Waals surface area contributed by atoms with Crippen molar-refractivity contribution in [3.8, 4) is 5.75 Å². The second-order valence-corrected chi connectivity index (χ2v) is 5.66. The summed E-state index contributed by atoms with van der Waals surface area (Å²) in [5.74, 6) is -0.112. The first-order chi connectivity index (χ1) is 9.51. The third-order valence-electron chi connectivity index (χ3n) is 3.22. The lowest BCUT2D eigenvalue weighted by Crippen LogP contribution is -2.14. The molecule has 20 heavy (non-hydrogen) atoms. The first-order valence-electron chi connectivity index (χ1n) is 6.35. The molecule has 2 rings (SSSR count). The topological polar surface area (TPSA) is 35.2 Å². The Bertz CT molecular complexity index is 615. The lowest BCUT2D eigenvalue weighted by atomic mass is 9.98. The Morgan fingerprint density at radius 1 is 1.25 bits per heavy atom. The van der Waals surface area contributed by atoms with Crippen LogP contribution in [0, 0.1) is 12.7 Å². The highest BCUT2D eigenvalue weighted by atomic mass is 79.9. The average Bonchev–Trinajstić information content (AvgIpc) is 2.41. The van der Waals surface area contributed by atoms with Crippen LogP contribution in [0.2, 0.25) is 0 Å². The monoisotopic (exact) mass is 337 g/mol. The van der Waals surface area contributed by atoms with E-state index in [1.54, 1.807) is 6.07 Å². The number of benzene rings is 2. The van der Waals surface area contributed by atoms with Gasteiger partial charge in [0, 0.05) is 10.5 Å². The molecule has 0 radical (unpaired) electrons. The number of methoxy groups -OCH3 is 1. The van der Waals surface area contributed by atoms with E-state index in [-0.39, 0.29) is 17.6 Å². The highest BCUT2D eigenvalue weighted by Gasteiger charge is 2.12. The molecule has 0 fully saturated rings.